The van der Waals surface area contributed by atoms with Gasteiger partial charge in [0, 0.05) is 61.4 Å². The standard InChI is InChI=1S/C32H47N5O12Si/c1-17-28(50(3,4)46)22(10-13-36-16-19(11-14-38)34-35-36)49-32(17)20-15-18(33-29(43)27-25(41)24(40)26(42)30(44)48-27)8-9-21(20)37(31(32)45)12-6-5-7-23(39)47-2/h8-9,15-17,22,24-28,30,38,40-42,44,46H,5-7,10-14H2,1-4H3,(H,33,43)/t17-,22+,24-,25-,26+,27-,28-,30+,32+/m0/s1. The topological polar surface area (TPSA) is 246 Å². The molecule has 17 nitrogen and oxygen atoms in total. The molecular weight excluding hydrogens is 674 g/mol. The average Bonchev–Trinajstić information content (AvgIpc) is 3.72. The third-order valence-electron chi connectivity index (χ3n) is 9.94. The van der Waals surface area contributed by atoms with Crippen LogP contribution in [-0.2, 0) is 47.2 Å². The van der Waals surface area contributed by atoms with E-state index in [0.717, 1.165) is 0 Å². The molecule has 5 rings (SSSR count). The van der Waals surface area contributed by atoms with Crippen molar-refractivity contribution in [2.45, 2.75) is 107 Å². The van der Waals surface area contributed by atoms with Gasteiger partial charge < -0.3 is 54.8 Å². The molecule has 7 N–H and O–H groups in total. The number of esters is 1. The first-order valence-corrected chi connectivity index (χ1v) is 19.8. The number of nitrogens with zero attached hydrogens (tertiary/aromatic N) is 4. The fourth-order valence-corrected chi connectivity index (χ4v) is 10.1. The number of aliphatic hydroxyl groups excluding tert-OH is 5. The van der Waals surface area contributed by atoms with Gasteiger partial charge >= 0.3 is 5.97 Å². The fourth-order valence-electron chi connectivity index (χ4n) is 7.52. The summed E-state index contributed by atoms with van der Waals surface area (Å²) in [5.74, 6) is -2.13. The van der Waals surface area contributed by atoms with Crippen LogP contribution in [-0.4, -0.2) is 128 Å². The first kappa shape index (κ1) is 37.9. The molecule has 0 bridgehead atoms. The molecule has 2 fully saturated rings. The number of fused-ring (bicyclic) bond motifs is 2. The monoisotopic (exact) mass is 721 g/mol. The van der Waals surface area contributed by atoms with E-state index in [4.69, 9.17) is 14.2 Å². The van der Waals surface area contributed by atoms with Crippen LogP contribution in [0.25, 0.3) is 0 Å². The molecule has 1 aromatic carbocycles. The van der Waals surface area contributed by atoms with Crippen LogP contribution in [0.2, 0.25) is 18.6 Å². The van der Waals surface area contributed by atoms with Crippen molar-refractivity contribution in [2.24, 2.45) is 5.92 Å². The first-order chi connectivity index (χ1) is 23.6. The summed E-state index contributed by atoms with van der Waals surface area (Å²) in [6.45, 7) is 6.04. The number of hydrogen-bond acceptors (Lipinski definition) is 14. The molecule has 0 aliphatic carbocycles. The number of amides is 2. The molecule has 50 heavy (non-hydrogen) atoms. The largest absolute Gasteiger partial charge is 0.469 e. The summed E-state index contributed by atoms with van der Waals surface area (Å²) in [6, 6.07) is 4.80. The third-order valence-corrected chi connectivity index (χ3v) is 12.4. The van der Waals surface area contributed by atoms with Gasteiger partial charge in [-0.3, -0.25) is 19.1 Å². The Balaban J connectivity index is 1.47. The van der Waals surface area contributed by atoms with Crippen molar-refractivity contribution in [3.63, 3.8) is 0 Å². The number of aromatic nitrogens is 3. The van der Waals surface area contributed by atoms with E-state index in [2.05, 4.69) is 15.6 Å². The zero-order valence-corrected chi connectivity index (χ0v) is 29.5. The molecule has 3 aliphatic rings. The quantitative estimate of drug-likeness (QED) is 0.0756. The van der Waals surface area contributed by atoms with Crippen molar-refractivity contribution in [2.75, 3.05) is 30.5 Å². The van der Waals surface area contributed by atoms with Gasteiger partial charge in [0.05, 0.1) is 24.6 Å². The number of carbonyl (C=O) groups is 3. The molecule has 0 radical (unpaired) electrons. The Labute approximate surface area is 289 Å². The minimum atomic E-state index is -3.01. The maximum absolute atomic E-state index is 14.6. The number of rotatable bonds is 13. The summed E-state index contributed by atoms with van der Waals surface area (Å²) in [5, 5.41) is 60.4. The molecule has 0 saturated carbocycles. The Hall–Kier alpha value is -3.33. The Kier molecular flexibility index (Phi) is 11.5. The minimum Gasteiger partial charge on any atom is -0.469 e. The van der Waals surface area contributed by atoms with Crippen LogP contribution in [0, 0.1) is 5.92 Å². The molecule has 2 aromatic rings. The Morgan fingerprint density at radius 1 is 1.10 bits per heavy atom. The molecule has 1 aromatic heterocycles. The predicted octanol–water partition coefficient (Wildman–Crippen LogP) is -0.871. The number of anilines is 2. The Morgan fingerprint density at radius 2 is 1.84 bits per heavy atom. The Morgan fingerprint density at radius 3 is 2.52 bits per heavy atom. The summed E-state index contributed by atoms with van der Waals surface area (Å²) in [4.78, 5) is 52.8. The number of hydrogen-bond donors (Lipinski definition) is 7. The van der Waals surface area contributed by atoms with Crippen LogP contribution in [0.5, 0.6) is 0 Å². The first-order valence-electron chi connectivity index (χ1n) is 16.8. The lowest BCUT2D eigenvalue weighted by atomic mass is 9.82. The SMILES string of the molecule is COC(=O)CCCCN1C(=O)[C@]2(O[C@H](CCn3cc(CCO)nn3)[C@@H]([Si](C)(C)O)[C@@H]2C)c2cc(NC(=O)[C@H]3O[C@@H](O)[C@H](O)[C@@H](O)[C@@H]3O)ccc21. The number of methoxy groups -OCH3 is 1. The van der Waals surface area contributed by atoms with Crippen molar-refractivity contribution in [1.29, 1.82) is 0 Å². The molecule has 4 heterocycles. The number of nitrogens with one attached hydrogen (secondary N) is 1. The second-order valence-corrected chi connectivity index (χ2v) is 17.7. The summed E-state index contributed by atoms with van der Waals surface area (Å²) in [7, 11) is -1.70. The van der Waals surface area contributed by atoms with Gasteiger partial charge in [0.2, 0.25) is 0 Å². The highest BCUT2D eigenvalue weighted by molar-refractivity contribution is 6.71. The molecule has 2 amide bonds. The molecular formula is C32H47N5O12Si. The number of aliphatic hydroxyl groups is 5. The number of benzene rings is 1. The highest BCUT2D eigenvalue weighted by Gasteiger charge is 2.66. The van der Waals surface area contributed by atoms with Crippen molar-refractivity contribution >= 4 is 37.5 Å². The minimum absolute atomic E-state index is 0.0682. The summed E-state index contributed by atoms with van der Waals surface area (Å²) < 4.78 is 18.3. The third kappa shape index (κ3) is 7.21. The van der Waals surface area contributed by atoms with E-state index in [1.54, 1.807) is 47.1 Å². The van der Waals surface area contributed by atoms with Gasteiger partial charge in [-0.25, -0.2) is 0 Å². The van der Waals surface area contributed by atoms with Crippen LogP contribution in [0.4, 0.5) is 11.4 Å². The highest BCUT2D eigenvalue weighted by atomic mass is 28.4. The summed E-state index contributed by atoms with van der Waals surface area (Å²) in [6.07, 6.45) is -6.09. The van der Waals surface area contributed by atoms with Crippen molar-refractivity contribution in [1.82, 2.24) is 15.0 Å². The highest BCUT2D eigenvalue weighted by Crippen LogP contribution is 2.60. The molecule has 9 atom stereocenters. The molecule has 1 spiro atoms. The molecule has 18 heteroatoms. The number of unbranched alkanes of at least 4 members (excludes halogenated alkanes) is 1. The maximum atomic E-state index is 14.6. The second-order valence-electron chi connectivity index (χ2n) is 13.7. The van der Waals surface area contributed by atoms with Gasteiger partial charge in [0.15, 0.2) is 26.3 Å². The second kappa shape index (κ2) is 15.1. The van der Waals surface area contributed by atoms with E-state index < -0.39 is 68.1 Å². The molecule has 2 saturated heterocycles. The van der Waals surface area contributed by atoms with Crippen LogP contribution < -0.4 is 10.2 Å². The van der Waals surface area contributed by atoms with Gasteiger partial charge in [0.1, 0.15) is 18.3 Å². The molecule has 276 valence electrons. The van der Waals surface area contributed by atoms with Gasteiger partial charge in [-0.1, -0.05) is 12.1 Å². The van der Waals surface area contributed by atoms with Gasteiger partial charge in [-0.05, 0) is 50.6 Å². The number of ether oxygens (including phenoxy) is 3. The average molecular weight is 722 g/mol. The van der Waals surface area contributed by atoms with Crippen molar-refractivity contribution in [3.05, 3.63) is 35.7 Å². The van der Waals surface area contributed by atoms with E-state index in [0.29, 0.717) is 49.2 Å². The predicted molar refractivity (Wildman–Crippen MR) is 177 cm³/mol. The van der Waals surface area contributed by atoms with Crippen LogP contribution in [0.3, 0.4) is 0 Å². The lowest BCUT2D eigenvalue weighted by molar-refractivity contribution is -0.274. The number of carbonyl (C=O) groups excluding carboxylic acids is 3. The lowest BCUT2D eigenvalue weighted by Gasteiger charge is -2.37. The fraction of sp³-hybridized carbons (Fsp3) is 0.656. The van der Waals surface area contributed by atoms with E-state index >= 15 is 0 Å². The van der Waals surface area contributed by atoms with E-state index in [-0.39, 0.29) is 37.1 Å². The lowest BCUT2D eigenvalue weighted by Crippen LogP contribution is -2.60. The van der Waals surface area contributed by atoms with Crippen molar-refractivity contribution < 1.29 is 58.9 Å². The number of aryl methyl sites for hydroxylation is 1. The van der Waals surface area contributed by atoms with Crippen LogP contribution in [0.15, 0.2) is 24.4 Å². The van der Waals surface area contributed by atoms with Gasteiger partial charge in [-0.2, -0.15) is 0 Å². The Bertz CT molecular complexity index is 1550. The van der Waals surface area contributed by atoms with E-state index in [9.17, 15) is 44.7 Å². The van der Waals surface area contributed by atoms with E-state index in [1.807, 2.05) is 6.92 Å². The molecule has 3 aliphatic heterocycles. The van der Waals surface area contributed by atoms with Crippen molar-refractivity contribution in [3.8, 4) is 0 Å². The van der Waals surface area contributed by atoms with Crippen LogP contribution >= 0.6 is 0 Å². The maximum Gasteiger partial charge on any atom is 0.305 e. The smallest absolute Gasteiger partial charge is 0.305 e. The van der Waals surface area contributed by atoms with Gasteiger partial charge in [-0.15, -0.1) is 5.10 Å². The normalized spacial score (nSPS) is 30.9. The zero-order chi connectivity index (χ0) is 36.5. The van der Waals surface area contributed by atoms with Gasteiger partial charge in [0.25, 0.3) is 11.8 Å². The molecule has 0 unspecified atom stereocenters. The summed E-state index contributed by atoms with van der Waals surface area (Å²) in [5.41, 5.74) is -0.141. The van der Waals surface area contributed by atoms with E-state index in [1.165, 1.54) is 7.11 Å². The zero-order valence-electron chi connectivity index (χ0n) is 28.5. The summed E-state index contributed by atoms with van der Waals surface area (Å²) >= 11 is 0. The van der Waals surface area contributed by atoms with Crippen LogP contribution in [0.1, 0.15) is 43.9 Å².